The molecule has 0 atom stereocenters. The molecular weight excluding hydrogens is 252 g/mol. The van der Waals surface area contributed by atoms with Gasteiger partial charge in [-0.1, -0.05) is 39.0 Å². The average Bonchev–Trinajstić information content (AvgIpc) is 2.80. The molecule has 0 saturated heterocycles. The highest BCUT2D eigenvalue weighted by atomic mass is 32.1. The fourth-order valence-corrected chi connectivity index (χ4v) is 2.96. The molecule has 0 amide bonds. The number of benzene rings is 1. The molecule has 1 heterocycles. The summed E-state index contributed by atoms with van der Waals surface area (Å²) in [5.74, 6) is 0.589. The summed E-state index contributed by atoms with van der Waals surface area (Å²) in [6.45, 7) is 8.74. The summed E-state index contributed by atoms with van der Waals surface area (Å²) in [6, 6.07) is 10.2. The van der Waals surface area contributed by atoms with E-state index in [2.05, 4.69) is 38.8 Å². The Kier molecular flexibility index (Phi) is 3.76. The standard InChI is InChI=1S/C16H20N2S/c1-11-7-5-8-12(14(11)16(2,3)4)18-15(17)13-9-6-10-19-13/h5-10H,1-4H3,(H2,17,18). The van der Waals surface area contributed by atoms with Crippen LogP contribution >= 0.6 is 11.3 Å². The summed E-state index contributed by atoms with van der Waals surface area (Å²) in [4.78, 5) is 5.65. The van der Waals surface area contributed by atoms with E-state index in [1.54, 1.807) is 11.3 Å². The molecule has 2 rings (SSSR count). The van der Waals surface area contributed by atoms with E-state index in [1.165, 1.54) is 11.1 Å². The molecule has 2 N–H and O–H groups in total. The molecule has 0 unspecified atom stereocenters. The Balaban J connectivity index is 2.52. The van der Waals surface area contributed by atoms with Gasteiger partial charge in [-0.3, -0.25) is 0 Å². The van der Waals surface area contributed by atoms with E-state index in [0.717, 1.165) is 10.6 Å². The van der Waals surface area contributed by atoms with Crippen LogP contribution in [0.5, 0.6) is 0 Å². The van der Waals surface area contributed by atoms with Gasteiger partial charge in [-0.2, -0.15) is 0 Å². The summed E-state index contributed by atoms with van der Waals surface area (Å²) >= 11 is 1.61. The predicted molar refractivity (Wildman–Crippen MR) is 84.6 cm³/mol. The Morgan fingerprint density at radius 2 is 1.89 bits per heavy atom. The quantitative estimate of drug-likeness (QED) is 0.639. The highest BCUT2D eigenvalue weighted by Gasteiger charge is 2.20. The lowest BCUT2D eigenvalue weighted by Crippen LogP contribution is -2.15. The highest BCUT2D eigenvalue weighted by molar-refractivity contribution is 7.12. The number of nitrogens with zero attached hydrogens (tertiary/aromatic N) is 1. The lowest BCUT2D eigenvalue weighted by Gasteiger charge is -2.23. The maximum absolute atomic E-state index is 6.09. The van der Waals surface area contributed by atoms with E-state index in [4.69, 9.17) is 5.73 Å². The van der Waals surface area contributed by atoms with Crippen LogP contribution in [0.1, 0.15) is 36.8 Å². The van der Waals surface area contributed by atoms with Gasteiger partial charge in [0.1, 0.15) is 5.84 Å². The Labute approximate surface area is 119 Å². The first-order valence-corrected chi connectivity index (χ1v) is 7.25. The molecule has 0 bridgehead atoms. The number of amidine groups is 1. The molecule has 100 valence electrons. The van der Waals surface area contributed by atoms with Gasteiger partial charge in [0.25, 0.3) is 0 Å². The third-order valence-electron chi connectivity index (χ3n) is 3.02. The van der Waals surface area contributed by atoms with Gasteiger partial charge in [0.05, 0.1) is 10.6 Å². The van der Waals surface area contributed by atoms with Crippen molar-refractivity contribution in [1.82, 2.24) is 0 Å². The first-order valence-electron chi connectivity index (χ1n) is 6.38. The van der Waals surface area contributed by atoms with Crippen molar-refractivity contribution in [1.29, 1.82) is 0 Å². The first kappa shape index (κ1) is 13.8. The normalized spacial score (nSPS) is 12.7. The van der Waals surface area contributed by atoms with Crippen molar-refractivity contribution < 1.29 is 0 Å². The SMILES string of the molecule is Cc1cccc(N=C(N)c2cccs2)c1C(C)(C)C. The maximum atomic E-state index is 6.09. The molecule has 0 aliphatic rings. The van der Waals surface area contributed by atoms with Crippen molar-refractivity contribution in [3.63, 3.8) is 0 Å². The van der Waals surface area contributed by atoms with Crippen molar-refractivity contribution in [2.45, 2.75) is 33.1 Å². The molecule has 2 aromatic rings. The molecule has 0 aliphatic carbocycles. The molecule has 1 aromatic heterocycles. The van der Waals surface area contributed by atoms with Crippen molar-refractivity contribution >= 4 is 22.9 Å². The van der Waals surface area contributed by atoms with E-state index < -0.39 is 0 Å². The third-order valence-corrected chi connectivity index (χ3v) is 3.91. The fourth-order valence-electron chi connectivity index (χ4n) is 2.33. The fraction of sp³-hybridized carbons (Fsp3) is 0.312. The summed E-state index contributed by atoms with van der Waals surface area (Å²) in [6.07, 6.45) is 0. The van der Waals surface area contributed by atoms with Gasteiger partial charge in [-0.15, -0.1) is 11.3 Å². The number of aliphatic imine (C=N–C) groups is 1. The van der Waals surface area contributed by atoms with Crippen LogP contribution in [-0.4, -0.2) is 5.84 Å². The zero-order chi connectivity index (χ0) is 14.0. The second-order valence-corrected chi connectivity index (χ2v) is 6.64. The van der Waals surface area contributed by atoms with Crippen LogP contribution in [0.3, 0.4) is 0 Å². The second kappa shape index (κ2) is 5.17. The minimum atomic E-state index is 0.0555. The zero-order valence-corrected chi connectivity index (χ0v) is 12.7. The van der Waals surface area contributed by atoms with Crippen LogP contribution in [0.2, 0.25) is 0 Å². The number of hydrogen-bond donors (Lipinski definition) is 1. The lowest BCUT2D eigenvalue weighted by molar-refractivity contribution is 0.587. The van der Waals surface area contributed by atoms with Crippen molar-refractivity contribution in [2.24, 2.45) is 10.7 Å². The second-order valence-electron chi connectivity index (χ2n) is 5.69. The number of thiophene rings is 1. The molecule has 0 fully saturated rings. The molecule has 2 nitrogen and oxygen atoms in total. The van der Waals surface area contributed by atoms with Crippen LogP contribution in [-0.2, 0) is 5.41 Å². The first-order chi connectivity index (χ1) is 8.89. The highest BCUT2D eigenvalue weighted by Crippen LogP contribution is 2.34. The molecule has 3 heteroatoms. The van der Waals surface area contributed by atoms with E-state index >= 15 is 0 Å². The van der Waals surface area contributed by atoms with Gasteiger partial charge < -0.3 is 5.73 Å². The average molecular weight is 272 g/mol. The van der Waals surface area contributed by atoms with Crippen LogP contribution in [0, 0.1) is 6.92 Å². The molecule has 19 heavy (non-hydrogen) atoms. The molecule has 1 aromatic carbocycles. The van der Waals surface area contributed by atoms with Gasteiger partial charge >= 0.3 is 0 Å². The van der Waals surface area contributed by atoms with E-state index in [9.17, 15) is 0 Å². The Hall–Kier alpha value is -1.61. The Morgan fingerprint density at radius 3 is 2.47 bits per heavy atom. The number of hydrogen-bond acceptors (Lipinski definition) is 2. The zero-order valence-electron chi connectivity index (χ0n) is 11.9. The molecule has 0 aliphatic heterocycles. The Morgan fingerprint density at radius 1 is 1.16 bits per heavy atom. The van der Waals surface area contributed by atoms with Gasteiger partial charge in [0, 0.05) is 0 Å². The van der Waals surface area contributed by atoms with Crippen LogP contribution < -0.4 is 5.73 Å². The molecule has 0 radical (unpaired) electrons. The van der Waals surface area contributed by atoms with Gasteiger partial charge in [-0.05, 0) is 41.0 Å². The topological polar surface area (TPSA) is 38.4 Å². The molecule has 0 spiro atoms. The summed E-state index contributed by atoms with van der Waals surface area (Å²) < 4.78 is 0. The third kappa shape index (κ3) is 3.04. The minimum Gasteiger partial charge on any atom is -0.383 e. The Bertz CT molecular complexity index is 590. The van der Waals surface area contributed by atoms with Gasteiger partial charge in [0.15, 0.2) is 0 Å². The van der Waals surface area contributed by atoms with Crippen LogP contribution in [0.25, 0.3) is 0 Å². The number of rotatable bonds is 2. The van der Waals surface area contributed by atoms with Crippen LogP contribution in [0.4, 0.5) is 5.69 Å². The molecular formula is C16H20N2S. The van der Waals surface area contributed by atoms with Gasteiger partial charge in [-0.25, -0.2) is 4.99 Å². The largest absolute Gasteiger partial charge is 0.383 e. The van der Waals surface area contributed by atoms with Crippen molar-refractivity contribution in [3.05, 3.63) is 51.7 Å². The maximum Gasteiger partial charge on any atom is 0.141 e. The van der Waals surface area contributed by atoms with Crippen LogP contribution in [0.15, 0.2) is 40.7 Å². The van der Waals surface area contributed by atoms with Gasteiger partial charge in [0.2, 0.25) is 0 Å². The summed E-state index contributed by atoms with van der Waals surface area (Å²) in [5, 5.41) is 2.01. The van der Waals surface area contributed by atoms with E-state index in [0.29, 0.717) is 5.84 Å². The predicted octanol–water partition coefficient (Wildman–Crippen LogP) is 4.39. The van der Waals surface area contributed by atoms with Crippen molar-refractivity contribution in [3.8, 4) is 0 Å². The number of aryl methyl sites for hydroxylation is 1. The lowest BCUT2D eigenvalue weighted by atomic mass is 9.83. The monoisotopic (exact) mass is 272 g/mol. The smallest absolute Gasteiger partial charge is 0.141 e. The summed E-state index contributed by atoms with van der Waals surface area (Å²) in [5.41, 5.74) is 9.64. The van der Waals surface area contributed by atoms with Crippen molar-refractivity contribution in [2.75, 3.05) is 0 Å². The molecule has 0 saturated carbocycles. The minimum absolute atomic E-state index is 0.0555. The van der Waals surface area contributed by atoms with E-state index in [-0.39, 0.29) is 5.41 Å². The number of nitrogens with two attached hydrogens (primary N) is 1. The van der Waals surface area contributed by atoms with E-state index in [1.807, 2.05) is 29.6 Å². The summed E-state index contributed by atoms with van der Waals surface area (Å²) in [7, 11) is 0.